The molecule has 0 saturated carbocycles. The van der Waals surface area contributed by atoms with E-state index < -0.39 is 17.7 Å². The van der Waals surface area contributed by atoms with Crippen LogP contribution in [0.1, 0.15) is 29.2 Å². The minimum atomic E-state index is -0.531. The predicted molar refractivity (Wildman–Crippen MR) is 129 cm³/mol. The number of hydrazone groups is 1. The number of aromatic nitrogens is 3. The Morgan fingerprint density at radius 3 is 2.58 bits per heavy atom. The van der Waals surface area contributed by atoms with Gasteiger partial charge in [-0.2, -0.15) is 15.5 Å². The molecule has 1 atom stereocenters. The lowest BCUT2D eigenvalue weighted by Gasteiger charge is -2.38. The minimum Gasteiger partial charge on any atom is -0.366 e. The zero-order chi connectivity index (χ0) is 25.4. The second-order valence-electron chi connectivity index (χ2n) is 8.86. The highest BCUT2D eigenvalue weighted by Gasteiger charge is 2.34. The molecule has 1 aromatic carbocycles. The quantitative estimate of drug-likeness (QED) is 0.559. The first-order valence-electron chi connectivity index (χ1n) is 11.6. The fourth-order valence-corrected chi connectivity index (χ4v) is 4.74. The lowest BCUT2D eigenvalue weighted by Crippen LogP contribution is -2.52. The number of nitrogens with zero attached hydrogens (tertiary/aromatic N) is 8. The number of carbonyl (C=O) groups excluding carboxylic acids is 1. The monoisotopic (exact) mass is 490 g/mol. The van der Waals surface area contributed by atoms with E-state index in [9.17, 15) is 13.6 Å². The van der Waals surface area contributed by atoms with Crippen molar-refractivity contribution >= 4 is 17.9 Å². The predicted octanol–water partition coefficient (Wildman–Crippen LogP) is 3.62. The van der Waals surface area contributed by atoms with Gasteiger partial charge in [-0.25, -0.2) is 18.6 Å². The molecule has 1 saturated heterocycles. The number of pyridine rings is 1. The average molecular weight is 491 g/mol. The van der Waals surface area contributed by atoms with E-state index in [2.05, 4.69) is 15.2 Å². The summed E-state index contributed by atoms with van der Waals surface area (Å²) in [4.78, 5) is 21.1. The third kappa shape index (κ3) is 4.26. The van der Waals surface area contributed by atoms with Gasteiger partial charge in [0.05, 0.1) is 47.1 Å². The molecule has 2 aliphatic rings. The first-order valence-corrected chi connectivity index (χ1v) is 11.6. The first-order chi connectivity index (χ1) is 17.4. The Hall–Kier alpha value is -4.33. The Morgan fingerprint density at radius 2 is 1.89 bits per heavy atom. The summed E-state index contributed by atoms with van der Waals surface area (Å²) in [6.45, 7) is 3.52. The fraction of sp³-hybridized carbons (Fsp3) is 0.320. The normalized spacial score (nSPS) is 17.5. The van der Waals surface area contributed by atoms with Crippen molar-refractivity contribution in [2.45, 2.75) is 19.4 Å². The topological polar surface area (TPSA) is 93.7 Å². The van der Waals surface area contributed by atoms with Crippen molar-refractivity contribution < 1.29 is 13.6 Å². The molecule has 5 rings (SSSR count). The fourth-order valence-electron chi connectivity index (χ4n) is 4.74. The summed E-state index contributed by atoms with van der Waals surface area (Å²) in [7, 11) is 1.82. The molecule has 3 aromatic rings. The highest BCUT2D eigenvalue weighted by molar-refractivity contribution is 5.79. The smallest absolute Gasteiger partial charge is 0.341 e. The van der Waals surface area contributed by atoms with Gasteiger partial charge in [0.15, 0.2) is 5.82 Å². The molecule has 0 unspecified atom stereocenters. The summed E-state index contributed by atoms with van der Waals surface area (Å²) >= 11 is 0. The number of piperazine rings is 1. The van der Waals surface area contributed by atoms with Gasteiger partial charge >= 0.3 is 6.03 Å². The molecule has 0 aliphatic carbocycles. The van der Waals surface area contributed by atoms with Gasteiger partial charge in [0, 0.05) is 45.9 Å². The molecule has 0 radical (unpaired) electrons. The number of hydrogen-bond acceptors (Lipinski definition) is 6. The number of benzene rings is 1. The molecule has 1 fully saturated rings. The Kier molecular flexibility index (Phi) is 6.10. The minimum absolute atomic E-state index is 0.193. The highest BCUT2D eigenvalue weighted by atomic mass is 19.1. The van der Waals surface area contributed by atoms with Crippen LogP contribution in [0, 0.1) is 29.9 Å². The molecule has 184 valence electrons. The van der Waals surface area contributed by atoms with Crippen molar-refractivity contribution in [3.63, 3.8) is 0 Å². The van der Waals surface area contributed by atoms with Crippen molar-refractivity contribution in [1.29, 1.82) is 5.26 Å². The molecule has 4 heterocycles. The van der Waals surface area contributed by atoms with Crippen LogP contribution in [0.2, 0.25) is 0 Å². The van der Waals surface area contributed by atoms with E-state index in [1.807, 2.05) is 24.9 Å². The summed E-state index contributed by atoms with van der Waals surface area (Å²) in [5, 5.41) is 19.0. The zero-order valence-corrected chi connectivity index (χ0v) is 19.9. The molecular formula is C25H24F2N8O. The average Bonchev–Trinajstić information content (AvgIpc) is 3.50. The van der Waals surface area contributed by atoms with Gasteiger partial charge in [-0.3, -0.25) is 9.67 Å². The van der Waals surface area contributed by atoms with E-state index in [1.165, 1.54) is 17.3 Å². The van der Waals surface area contributed by atoms with Crippen LogP contribution < -0.4 is 4.90 Å². The summed E-state index contributed by atoms with van der Waals surface area (Å²) in [6, 6.07) is 6.93. The summed E-state index contributed by atoms with van der Waals surface area (Å²) in [5.41, 5.74) is 3.53. The van der Waals surface area contributed by atoms with Crippen molar-refractivity contribution in [2.24, 2.45) is 12.1 Å². The molecule has 2 aromatic heterocycles. The number of nitriles is 1. The molecule has 36 heavy (non-hydrogen) atoms. The van der Waals surface area contributed by atoms with Gasteiger partial charge in [0.25, 0.3) is 0 Å². The van der Waals surface area contributed by atoms with Crippen molar-refractivity contribution in [3.8, 4) is 17.5 Å². The van der Waals surface area contributed by atoms with E-state index in [0.29, 0.717) is 49.5 Å². The zero-order valence-electron chi connectivity index (χ0n) is 19.9. The van der Waals surface area contributed by atoms with Crippen LogP contribution in [0.4, 0.5) is 19.3 Å². The van der Waals surface area contributed by atoms with Crippen LogP contribution in [0.25, 0.3) is 11.4 Å². The molecule has 11 heteroatoms. The largest absolute Gasteiger partial charge is 0.366 e. The van der Waals surface area contributed by atoms with E-state index in [4.69, 9.17) is 5.26 Å². The van der Waals surface area contributed by atoms with Gasteiger partial charge in [-0.15, -0.1) is 0 Å². The van der Waals surface area contributed by atoms with Gasteiger partial charge in [0.1, 0.15) is 5.82 Å². The molecule has 2 aliphatic heterocycles. The highest BCUT2D eigenvalue weighted by Crippen LogP contribution is 2.32. The van der Waals surface area contributed by atoms with E-state index in [0.717, 1.165) is 17.3 Å². The third-order valence-electron chi connectivity index (χ3n) is 6.55. The van der Waals surface area contributed by atoms with Crippen LogP contribution in [0.15, 0.2) is 41.8 Å². The lowest BCUT2D eigenvalue weighted by molar-refractivity contribution is 0.139. The molecule has 0 N–H and O–H groups in total. The van der Waals surface area contributed by atoms with E-state index in [1.54, 1.807) is 34.1 Å². The number of anilines is 1. The number of carbonyl (C=O) groups is 1. The number of rotatable bonds is 3. The number of hydrogen-bond donors (Lipinski definition) is 0. The van der Waals surface area contributed by atoms with Crippen LogP contribution >= 0.6 is 0 Å². The van der Waals surface area contributed by atoms with Crippen molar-refractivity contribution in [1.82, 2.24) is 24.7 Å². The molecule has 0 spiro atoms. The van der Waals surface area contributed by atoms with Crippen LogP contribution in [-0.2, 0) is 7.05 Å². The Balaban J connectivity index is 1.30. The molecule has 9 nitrogen and oxygen atoms in total. The SMILES string of the molecule is Cc1cnn(C)c1-c1cc(N2CCN(C(=O)N3N=CC[C@H]3c3cc(F)cc(C#N)c3)CC2)c(F)cn1. The summed E-state index contributed by atoms with van der Waals surface area (Å²) in [5.74, 6) is -0.959. The van der Waals surface area contributed by atoms with Gasteiger partial charge < -0.3 is 9.80 Å². The lowest BCUT2D eigenvalue weighted by atomic mass is 10.0. The number of halogens is 2. The molecule has 2 amide bonds. The second-order valence-corrected chi connectivity index (χ2v) is 8.86. The third-order valence-corrected chi connectivity index (χ3v) is 6.55. The van der Waals surface area contributed by atoms with Crippen molar-refractivity contribution in [2.75, 3.05) is 31.1 Å². The van der Waals surface area contributed by atoms with Crippen LogP contribution in [0.5, 0.6) is 0 Å². The van der Waals surface area contributed by atoms with Gasteiger partial charge in [-0.1, -0.05) is 0 Å². The molecular weight excluding hydrogens is 466 g/mol. The standard InChI is InChI=1S/C25H24F2N8O/c1-16-14-31-32(2)24(16)21-12-23(20(27)15-29-21)33-5-7-34(8-6-33)25(36)35-22(3-4-30-35)18-9-17(13-28)10-19(26)11-18/h4,9-12,14-15,22H,3,5-8H2,1-2H3/t22-/m0/s1. The van der Waals surface area contributed by atoms with Gasteiger partial charge in [-0.05, 0) is 42.3 Å². The van der Waals surface area contributed by atoms with E-state index >= 15 is 0 Å². The number of aryl methyl sites for hydroxylation is 2. The maximum atomic E-state index is 14.7. The summed E-state index contributed by atoms with van der Waals surface area (Å²) in [6.07, 6.45) is 5.00. The van der Waals surface area contributed by atoms with E-state index in [-0.39, 0.29) is 11.6 Å². The number of amides is 2. The summed E-state index contributed by atoms with van der Waals surface area (Å²) < 4.78 is 30.5. The second kappa shape index (κ2) is 9.37. The Labute approximate surface area is 206 Å². The molecule has 0 bridgehead atoms. The van der Waals surface area contributed by atoms with Crippen LogP contribution in [-0.4, -0.2) is 63.1 Å². The Morgan fingerprint density at radius 1 is 1.11 bits per heavy atom. The van der Waals surface area contributed by atoms with Crippen LogP contribution in [0.3, 0.4) is 0 Å². The first kappa shape index (κ1) is 23.4. The van der Waals surface area contributed by atoms with Gasteiger partial charge in [0.2, 0.25) is 0 Å². The Bertz CT molecular complexity index is 1370. The number of urea groups is 1. The van der Waals surface area contributed by atoms with Crippen molar-refractivity contribution in [3.05, 3.63) is 65.0 Å². The maximum absolute atomic E-state index is 14.7. The maximum Gasteiger partial charge on any atom is 0.341 e.